The van der Waals surface area contributed by atoms with Gasteiger partial charge in [0.2, 0.25) is 5.91 Å². The van der Waals surface area contributed by atoms with E-state index in [1.165, 1.54) is 0 Å². The Balaban J connectivity index is 2.10. The van der Waals surface area contributed by atoms with Crippen molar-refractivity contribution in [1.82, 2.24) is 4.90 Å². The summed E-state index contributed by atoms with van der Waals surface area (Å²) in [6.45, 7) is 10.1. The van der Waals surface area contributed by atoms with Crippen LogP contribution in [0.4, 0.5) is 5.69 Å². The van der Waals surface area contributed by atoms with Crippen molar-refractivity contribution in [2.24, 2.45) is 5.92 Å². The summed E-state index contributed by atoms with van der Waals surface area (Å²) in [5.41, 5.74) is 3.04. The van der Waals surface area contributed by atoms with Gasteiger partial charge in [0.05, 0.1) is 12.6 Å². The maximum absolute atomic E-state index is 13.0. The van der Waals surface area contributed by atoms with Crippen LogP contribution in [0.3, 0.4) is 0 Å². The largest absolute Gasteiger partial charge is 0.466 e. The lowest BCUT2D eigenvalue weighted by molar-refractivity contribution is -0.145. The molecular formula is C21H32N2O3. The van der Waals surface area contributed by atoms with E-state index < -0.39 is 0 Å². The molecule has 1 fully saturated rings. The maximum atomic E-state index is 13.0. The summed E-state index contributed by atoms with van der Waals surface area (Å²) in [5, 5.41) is 3.14. The number of hydrogen-bond donors (Lipinski definition) is 1. The molecule has 1 aliphatic rings. The molecule has 26 heavy (non-hydrogen) atoms. The van der Waals surface area contributed by atoms with Gasteiger partial charge >= 0.3 is 5.97 Å². The van der Waals surface area contributed by atoms with Gasteiger partial charge in [-0.25, -0.2) is 0 Å². The van der Waals surface area contributed by atoms with E-state index in [4.69, 9.17) is 4.74 Å². The van der Waals surface area contributed by atoms with Crippen molar-refractivity contribution in [3.63, 3.8) is 0 Å². The van der Waals surface area contributed by atoms with Gasteiger partial charge in [-0.3, -0.25) is 14.5 Å². The van der Waals surface area contributed by atoms with Crippen molar-refractivity contribution >= 4 is 17.6 Å². The average molecular weight is 360 g/mol. The molecule has 2 rings (SSSR count). The maximum Gasteiger partial charge on any atom is 0.306 e. The predicted molar refractivity (Wildman–Crippen MR) is 104 cm³/mol. The molecule has 0 saturated carbocycles. The first-order valence-corrected chi connectivity index (χ1v) is 9.73. The van der Waals surface area contributed by atoms with Gasteiger partial charge in [-0.2, -0.15) is 0 Å². The van der Waals surface area contributed by atoms with Crippen molar-refractivity contribution in [1.29, 1.82) is 0 Å². The zero-order valence-corrected chi connectivity index (χ0v) is 16.5. The molecule has 1 amide bonds. The Kier molecular flexibility index (Phi) is 7.64. The number of aryl methyl sites for hydroxylation is 2. The van der Waals surface area contributed by atoms with Gasteiger partial charge in [-0.1, -0.05) is 25.1 Å². The molecular weight excluding hydrogens is 328 g/mol. The SMILES string of the molecule is CCCN1CCC(CC(=O)OCC)C[C@H]1C(=O)Nc1c(C)cccc1C. The molecule has 5 nitrogen and oxygen atoms in total. The molecule has 2 atom stereocenters. The van der Waals surface area contributed by atoms with Gasteiger partial charge in [0.15, 0.2) is 0 Å². The Hall–Kier alpha value is -1.88. The van der Waals surface area contributed by atoms with E-state index >= 15 is 0 Å². The Morgan fingerprint density at radius 2 is 1.92 bits per heavy atom. The Morgan fingerprint density at radius 1 is 1.23 bits per heavy atom. The molecule has 1 aromatic rings. The highest BCUT2D eigenvalue weighted by atomic mass is 16.5. The number of nitrogens with zero attached hydrogens (tertiary/aromatic N) is 1. The van der Waals surface area contributed by atoms with Crippen LogP contribution in [-0.2, 0) is 14.3 Å². The molecule has 1 saturated heterocycles. The number of nitrogens with one attached hydrogen (secondary N) is 1. The number of carbonyl (C=O) groups is 2. The minimum absolute atomic E-state index is 0.0319. The highest BCUT2D eigenvalue weighted by Gasteiger charge is 2.34. The first kappa shape index (κ1) is 20.4. The standard InChI is InChI=1S/C21H32N2O3/c1-5-11-23-12-10-17(14-19(24)26-6-2)13-18(23)21(25)22-20-15(3)8-7-9-16(20)4/h7-9,17-18H,5-6,10-14H2,1-4H3,(H,22,25)/t17?,18-/m0/s1. The number of likely N-dealkylation sites (tertiary alicyclic amines) is 1. The first-order valence-electron chi connectivity index (χ1n) is 9.73. The van der Waals surface area contributed by atoms with Crippen LogP contribution in [0.25, 0.3) is 0 Å². The topological polar surface area (TPSA) is 58.6 Å². The lowest BCUT2D eigenvalue weighted by Crippen LogP contribution is -2.49. The first-order chi connectivity index (χ1) is 12.5. The zero-order chi connectivity index (χ0) is 19.1. The van der Waals surface area contributed by atoms with Gasteiger partial charge in [0.1, 0.15) is 0 Å². The van der Waals surface area contributed by atoms with E-state index in [1.54, 1.807) is 0 Å². The normalized spacial score (nSPS) is 20.6. The summed E-state index contributed by atoms with van der Waals surface area (Å²) in [6.07, 6.45) is 3.05. The number of benzene rings is 1. The quantitative estimate of drug-likeness (QED) is 0.754. The van der Waals surface area contributed by atoms with Crippen molar-refractivity contribution in [3.05, 3.63) is 29.3 Å². The second-order valence-corrected chi connectivity index (χ2v) is 7.21. The molecule has 144 valence electrons. The summed E-state index contributed by atoms with van der Waals surface area (Å²) in [7, 11) is 0. The molecule has 1 heterocycles. The molecule has 1 aliphatic heterocycles. The second-order valence-electron chi connectivity index (χ2n) is 7.21. The van der Waals surface area contributed by atoms with E-state index in [2.05, 4.69) is 17.1 Å². The number of para-hydroxylation sites is 1. The van der Waals surface area contributed by atoms with E-state index in [0.717, 1.165) is 42.7 Å². The lowest BCUT2D eigenvalue weighted by Gasteiger charge is -2.38. The fraction of sp³-hybridized carbons (Fsp3) is 0.619. The Labute approximate surface area is 157 Å². The number of anilines is 1. The Morgan fingerprint density at radius 3 is 2.54 bits per heavy atom. The van der Waals surface area contributed by atoms with Crippen LogP contribution in [0.15, 0.2) is 18.2 Å². The molecule has 0 radical (unpaired) electrons. The van der Waals surface area contributed by atoms with E-state index in [9.17, 15) is 9.59 Å². The van der Waals surface area contributed by atoms with Crippen LogP contribution < -0.4 is 5.32 Å². The number of rotatable bonds is 7. The summed E-state index contributed by atoms with van der Waals surface area (Å²) < 4.78 is 5.09. The summed E-state index contributed by atoms with van der Waals surface area (Å²) in [4.78, 5) is 27.1. The lowest BCUT2D eigenvalue weighted by atomic mass is 9.87. The van der Waals surface area contributed by atoms with E-state index in [0.29, 0.717) is 19.4 Å². The number of hydrogen-bond acceptors (Lipinski definition) is 4. The zero-order valence-electron chi connectivity index (χ0n) is 16.5. The third-order valence-electron chi connectivity index (χ3n) is 5.13. The molecule has 0 bridgehead atoms. The molecule has 5 heteroatoms. The van der Waals surface area contributed by atoms with Gasteiger partial charge in [-0.05, 0) is 70.2 Å². The molecule has 0 aromatic heterocycles. The molecule has 1 aromatic carbocycles. The number of piperidine rings is 1. The number of amides is 1. The summed E-state index contributed by atoms with van der Waals surface area (Å²) >= 11 is 0. The molecule has 1 N–H and O–H groups in total. The molecule has 0 spiro atoms. The van der Waals surface area contributed by atoms with E-state index in [-0.39, 0.29) is 23.8 Å². The number of esters is 1. The average Bonchev–Trinajstić information content (AvgIpc) is 2.60. The van der Waals surface area contributed by atoms with Crippen LogP contribution >= 0.6 is 0 Å². The van der Waals surface area contributed by atoms with Crippen molar-refractivity contribution in [2.45, 2.75) is 59.4 Å². The van der Waals surface area contributed by atoms with Crippen LogP contribution in [0.5, 0.6) is 0 Å². The highest BCUT2D eigenvalue weighted by molar-refractivity contribution is 5.96. The summed E-state index contributed by atoms with van der Waals surface area (Å²) in [5.74, 6) is 0.0793. The monoisotopic (exact) mass is 360 g/mol. The van der Waals surface area contributed by atoms with Crippen LogP contribution in [-0.4, -0.2) is 42.5 Å². The smallest absolute Gasteiger partial charge is 0.306 e. The van der Waals surface area contributed by atoms with Gasteiger partial charge in [-0.15, -0.1) is 0 Å². The minimum Gasteiger partial charge on any atom is -0.466 e. The van der Waals surface area contributed by atoms with Gasteiger partial charge < -0.3 is 10.1 Å². The van der Waals surface area contributed by atoms with Gasteiger partial charge in [0, 0.05) is 12.1 Å². The van der Waals surface area contributed by atoms with Crippen LogP contribution in [0, 0.1) is 19.8 Å². The van der Waals surface area contributed by atoms with Crippen LogP contribution in [0.1, 0.15) is 50.7 Å². The number of ether oxygens (including phenoxy) is 1. The fourth-order valence-electron chi connectivity index (χ4n) is 3.77. The second kappa shape index (κ2) is 9.72. The summed E-state index contributed by atoms with van der Waals surface area (Å²) in [6, 6.07) is 5.83. The van der Waals surface area contributed by atoms with Crippen molar-refractivity contribution < 1.29 is 14.3 Å². The van der Waals surface area contributed by atoms with E-state index in [1.807, 2.05) is 39.0 Å². The third kappa shape index (κ3) is 5.31. The third-order valence-corrected chi connectivity index (χ3v) is 5.13. The number of carbonyl (C=O) groups excluding carboxylic acids is 2. The van der Waals surface area contributed by atoms with Crippen LogP contribution in [0.2, 0.25) is 0 Å². The fourth-order valence-corrected chi connectivity index (χ4v) is 3.77. The molecule has 0 aliphatic carbocycles. The highest BCUT2D eigenvalue weighted by Crippen LogP contribution is 2.28. The van der Waals surface area contributed by atoms with Crippen molar-refractivity contribution in [3.8, 4) is 0 Å². The minimum atomic E-state index is -0.192. The van der Waals surface area contributed by atoms with Crippen molar-refractivity contribution in [2.75, 3.05) is 25.0 Å². The predicted octanol–water partition coefficient (Wildman–Crippen LogP) is 3.69. The van der Waals surface area contributed by atoms with Gasteiger partial charge in [0.25, 0.3) is 0 Å². The molecule has 1 unspecified atom stereocenters. The Bertz CT molecular complexity index is 609.